The highest BCUT2D eigenvalue weighted by atomic mass is 35.5. The van der Waals surface area contributed by atoms with Crippen molar-refractivity contribution in [3.8, 4) is 11.5 Å². The summed E-state index contributed by atoms with van der Waals surface area (Å²) in [6.45, 7) is 5.99. The van der Waals surface area contributed by atoms with Crippen molar-refractivity contribution >= 4 is 38.9 Å². The molecule has 7 nitrogen and oxygen atoms in total. The smallest absolute Gasteiger partial charge is 0.262 e. The maximum absolute atomic E-state index is 12.7. The molecule has 2 N–H and O–H groups in total. The van der Waals surface area contributed by atoms with Gasteiger partial charge in [-0.3, -0.25) is 9.52 Å². The molecule has 9 heteroatoms. The maximum atomic E-state index is 12.7. The van der Waals surface area contributed by atoms with Crippen molar-refractivity contribution in [3.05, 3.63) is 76.8 Å². The van der Waals surface area contributed by atoms with Gasteiger partial charge in [0.1, 0.15) is 11.5 Å². The molecule has 0 spiro atoms. The number of benzene rings is 3. The van der Waals surface area contributed by atoms with E-state index in [-0.39, 0.29) is 28.2 Å². The van der Waals surface area contributed by atoms with Gasteiger partial charge in [-0.2, -0.15) is 0 Å². The van der Waals surface area contributed by atoms with Crippen molar-refractivity contribution in [2.75, 3.05) is 23.3 Å². The van der Waals surface area contributed by atoms with Gasteiger partial charge in [-0.25, -0.2) is 8.42 Å². The van der Waals surface area contributed by atoms with Crippen LogP contribution in [0, 0.1) is 13.8 Å². The maximum Gasteiger partial charge on any atom is 0.262 e. The lowest BCUT2D eigenvalue weighted by atomic mass is 10.1. The number of anilines is 2. The standard InChI is InChI=1S/C24H25ClN2O5S/c1-4-31-19-10-8-18(9-11-19)27-33(29,30)20-12-13-23(21(25)14-20)32-15-24(28)26-22-7-5-6-16(2)17(22)3/h5-14,27H,4,15H2,1-3H3,(H,26,28). The van der Waals surface area contributed by atoms with Crippen molar-refractivity contribution in [2.45, 2.75) is 25.7 Å². The summed E-state index contributed by atoms with van der Waals surface area (Å²) in [6.07, 6.45) is 0. The van der Waals surface area contributed by atoms with Crippen LogP contribution < -0.4 is 19.5 Å². The van der Waals surface area contributed by atoms with Gasteiger partial charge in [-0.05, 0) is 80.4 Å². The Kier molecular flexibility index (Phi) is 7.84. The van der Waals surface area contributed by atoms with Gasteiger partial charge in [0, 0.05) is 11.4 Å². The van der Waals surface area contributed by atoms with Gasteiger partial charge in [0.2, 0.25) is 0 Å². The van der Waals surface area contributed by atoms with Gasteiger partial charge >= 0.3 is 0 Å². The largest absolute Gasteiger partial charge is 0.494 e. The predicted molar refractivity (Wildman–Crippen MR) is 130 cm³/mol. The van der Waals surface area contributed by atoms with E-state index in [9.17, 15) is 13.2 Å². The molecule has 1 amide bonds. The number of carbonyl (C=O) groups excluding carboxylic acids is 1. The van der Waals surface area contributed by atoms with E-state index in [0.29, 0.717) is 23.7 Å². The number of halogens is 1. The van der Waals surface area contributed by atoms with Crippen molar-refractivity contribution in [3.63, 3.8) is 0 Å². The van der Waals surface area contributed by atoms with Crippen LogP contribution in [0.4, 0.5) is 11.4 Å². The summed E-state index contributed by atoms with van der Waals surface area (Å²) in [5.41, 5.74) is 3.13. The van der Waals surface area contributed by atoms with Crippen LogP contribution in [0.25, 0.3) is 0 Å². The summed E-state index contributed by atoms with van der Waals surface area (Å²) < 4.78 is 38.7. The molecule has 0 bridgehead atoms. The highest BCUT2D eigenvalue weighted by Gasteiger charge is 2.17. The summed E-state index contributed by atoms with van der Waals surface area (Å²) in [7, 11) is -3.87. The predicted octanol–water partition coefficient (Wildman–Crippen LogP) is 5.17. The molecule has 0 aliphatic carbocycles. The lowest BCUT2D eigenvalue weighted by Crippen LogP contribution is -2.21. The van der Waals surface area contributed by atoms with Crippen molar-refractivity contribution in [1.82, 2.24) is 0 Å². The second-order valence-corrected chi connectivity index (χ2v) is 9.33. The third kappa shape index (κ3) is 6.40. The zero-order chi connectivity index (χ0) is 24.0. The van der Waals surface area contributed by atoms with Crippen LogP contribution in [0.3, 0.4) is 0 Å². The first-order valence-electron chi connectivity index (χ1n) is 10.2. The number of amides is 1. The third-order valence-corrected chi connectivity index (χ3v) is 6.54. The van der Waals surface area contributed by atoms with E-state index in [0.717, 1.165) is 11.1 Å². The monoisotopic (exact) mass is 488 g/mol. The molecular formula is C24H25ClN2O5S. The minimum Gasteiger partial charge on any atom is -0.494 e. The van der Waals surface area contributed by atoms with E-state index in [1.807, 2.05) is 39.0 Å². The molecular weight excluding hydrogens is 464 g/mol. The average Bonchev–Trinajstić information content (AvgIpc) is 2.77. The van der Waals surface area contributed by atoms with Crippen LogP contribution in [0.5, 0.6) is 11.5 Å². The second kappa shape index (κ2) is 10.6. The molecule has 3 rings (SSSR count). The first-order chi connectivity index (χ1) is 15.7. The highest BCUT2D eigenvalue weighted by Crippen LogP contribution is 2.29. The van der Waals surface area contributed by atoms with Crippen LogP contribution in [0.15, 0.2) is 65.6 Å². The molecule has 0 unspecified atom stereocenters. The average molecular weight is 489 g/mol. The molecule has 0 aliphatic rings. The summed E-state index contributed by atoms with van der Waals surface area (Å²) >= 11 is 6.22. The van der Waals surface area contributed by atoms with Crippen LogP contribution in [-0.4, -0.2) is 27.5 Å². The van der Waals surface area contributed by atoms with Gasteiger partial charge in [0.25, 0.3) is 15.9 Å². The summed E-state index contributed by atoms with van der Waals surface area (Å²) in [4.78, 5) is 12.2. The van der Waals surface area contributed by atoms with Crippen molar-refractivity contribution in [2.24, 2.45) is 0 Å². The van der Waals surface area contributed by atoms with Crippen molar-refractivity contribution in [1.29, 1.82) is 0 Å². The number of sulfonamides is 1. The Morgan fingerprint density at radius 2 is 1.73 bits per heavy atom. The molecule has 0 aliphatic heterocycles. The SMILES string of the molecule is CCOc1ccc(NS(=O)(=O)c2ccc(OCC(=O)Nc3cccc(C)c3C)c(Cl)c2)cc1. The van der Waals surface area contributed by atoms with Crippen LogP contribution >= 0.6 is 11.6 Å². The molecule has 0 fully saturated rings. The highest BCUT2D eigenvalue weighted by molar-refractivity contribution is 7.92. The minimum atomic E-state index is -3.87. The van der Waals surface area contributed by atoms with Crippen molar-refractivity contribution < 1.29 is 22.7 Å². The molecule has 174 valence electrons. The van der Waals surface area contributed by atoms with E-state index in [2.05, 4.69) is 10.0 Å². The fourth-order valence-corrected chi connectivity index (χ4v) is 4.37. The molecule has 0 saturated carbocycles. The molecule has 33 heavy (non-hydrogen) atoms. The van der Waals surface area contributed by atoms with Gasteiger partial charge < -0.3 is 14.8 Å². The summed E-state index contributed by atoms with van der Waals surface area (Å²) in [6, 6.07) is 16.2. The molecule has 3 aromatic carbocycles. The Balaban J connectivity index is 1.63. The molecule has 0 radical (unpaired) electrons. The van der Waals surface area contributed by atoms with E-state index in [1.54, 1.807) is 24.3 Å². The topological polar surface area (TPSA) is 93.7 Å². The number of carbonyl (C=O) groups is 1. The first kappa shape index (κ1) is 24.4. The second-order valence-electron chi connectivity index (χ2n) is 7.24. The number of rotatable bonds is 9. The van der Waals surface area contributed by atoms with E-state index < -0.39 is 10.0 Å². The minimum absolute atomic E-state index is 0.0337. The Hall–Kier alpha value is -3.23. The summed E-state index contributed by atoms with van der Waals surface area (Å²) in [5, 5.41) is 2.87. The molecule has 0 aromatic heterocycles. The van der Waals surface area contributed by atoms with Gasteiger partial charge in [-0.1, -0.05) is 23.7 Å². The number of ether oxygens (including phenoxy) is 2. The Labute approximate surface area is 198 Å². The molecule has 0 heterocycles. The molecule has 3 aromatic rings. The van der Waals surface area contributed by atoms with E-state index in [1.165, 1.54) is 18.2 Å². The number of nitrogens with one attached hydrogen (secondary N) is 2. The number of hydrogen-bond acceptors (Lipinski definition) is 5. The zero-order valence-corrected chi connectivity index (χ0v) is 20.1. The normalized spacial score (nSPS) is 11.0. The van der Waals surface area contributed by atoms with E-state index >= 15 is 0 Å². The molecule has 0 atom stereocenters. The number of hydrogen-bond donors (Lipinski definition) is 2. The van der Waals surface area contributed by atoms with Crippen LogP contribution in [0.2, 0.25) is 5.02 Å². The van der Waals surface area contributed by atoms with Gasteiger partial charge in [0.15, 0.2) is 6.61 Å². The Morgan fingerprint density at radius 1 is 1.00 bits per heavy atom. The van der Waals surface area contributed by atoms with Gasteiger partial charge in [-0.15, -0.1) is 0 Å². The lowest BCUT2D eigenvalue weighted by Gasteiger charge is -2.13. The first-order valence-corrected chi connectivity index (χ1v) is 12.1. The van der Waals surface area contributed by atoms with Gasteiger partial charge in [0.05, 0.1) is 16.5 Å². The zero-order valence-electron chi connectivity index (χ0n) is 18.5. The third-order valence-electron chi connectivity index (χ3n) is 4.87. The van der Waals surface area contributed by atoms with E-state index in [4.69, 9.17) is 21.1 Å². The summed E-state index contributed by atoms with van der Waals surface area (Å²) in [5.74, 6) is 0.494. The Bertz CT molecular complexity index is 1240. The Morgan fingerprint density at radius 3 is 2.39 bits per heavy atom. The quantitative estimate of drug-likeness (QED) is 0.433. The molecule has 0 saturated heterocycles. The fraction of sp³-hybridized carbons (Fsp3) is 0.208. The van der Waals surface area contributed by atoms with Crippen LogP contribution in [0.1, 0.15) is 18.1 Å². The van der Waals surface area contributed by atoms with Crippen LogP contribution in [-0.2, 0) is 14.8 Å². The fourth-order valence-electron chi connectivity index (χ4n) is 2.98. The number of aryl methyl sites for hydroxylation is 1. The lowest BCUT2D eigenvalue weighted by molar-refractivity contribution is -0.118.